The summed E-state index contributed by atoms with van der Waals surface area (Å²) in [5.74, 6) is -0.102. The molecule has 1 spiro atoms. The summed E-state index contributed by atoms with van der Waals surface area (Å²) in [4.78, 5) is 30.3. The maximum Gasteiger partial charge on any atom is 0.245 e. The van der Waals surface area contributed by atoms with Gasteiger partial charge in [0.25, 0.3) is 0 Å². The monoisotopic (exact) mass is 353 g/mol. The third kappa shape index (κ3) is 3.00. The molecule has 2 amide bonds. The number of para-hydroxylation sites is 1. The molecule has 2 atom stereocenters. The van der Waals surface area contributed by atoms with E-state index in [0.29, 0.717) is 11.8 Å². The van der Waals surface area contributed by atoms with Crippen LogP contribution in [0.15, 0.2) is 30.5 Å². The van der Waals surface area contributed by atoms with Crippen LogP contribution in [0.5, 0.6) is 0 Å². The zero-order valence-corrected chi connectivity index (χ0v) is 15.5. The van der Waals surface area contributed by atoms with Gasteiger partial charge >= 0.3 is 0 Å². The summed E-state index contributed by atoms with van der Waals surface area (Å²) in [5, 5.41) is 4.01. The van der Waals surface area contributed by atoms with Gasteiger partial charge in [0.2, 0.25) is 11.8 Å². The number of nitrogens with one attached hydrogen (secondary N) is 2. The van der Waals surface area contributed by atoms with E-state index in [0.717, 1.165) is 29.4 Å². The Morgan fingerprint density at radius 2 is 2.12 bits per heavy atom. The highest BCUT2D eigenvalue weighted by Gasteiger charge is 2.48. The number of fused-ring (bicyclic) bond motifs is 1. The number of hydrogen-bond donors (Lipinski definition) is 2. The molecule has 5 heteroatoms. The van der Waals surface area contributed by atoms with Crippen molar-refractivity contribution in [3.63, 3.8) is 0 Å². The van der Waals surface area contributed by atoms with Crippen molar-refractivity contribution >= 4 is 22.7 Å². The SMILES string of the molecule is CC(=O)N[C@@H](Cc1c[nH]c2ccccc12)C(=O)N1CC2(CCC2)C[C@H]1C. The smallest absolute Gasteiger partial charge is 0.245 e. The van der Waals surface area contributed by atoms with Gasteiger partial charge in [0, 0.05) is 43.0 Å². The summed E-state index contributed by atoms with van der Waals surface area (Å²) in [6.07, 6.45) is 7.30. The van der Waals surface area contributed by atoms with E-state index in [1.165, 1.54) is 26.2 Å². The molecular formula is C21H27N3O2. The van der Waals surface area contributed by atoms with E-state index in [1.807, 2.05) is 29.3 Å². The first-order chi connectivity index (χ1) is 12.5. The predicted octanol–water partition coefficient (Wildman–Crippen LogP) is 3.01. The van der Waals surface area contributed by atoms with Crippen molar-refractivity contribution in [2.45, 2.75) is 58.0 Å². The minimum Gasteiger partial charge on any atom is -0.361 e. The lowest BCUT2D eigenvalue weighted by atomic mass is 9.68. The first kappa shape index (κ1) is 17.1. The van der Waals surface area contributed by atoms with Crippen molar-refractivity contribution < 1.29 is 9.59 Å². The predicted molar refractivity (Wildman–Crippen MR) is 102 cm³/mol. The average molecular weight is 353 g/mol. The molecule has 1 aliphatic heterocycles. The third-order valence-electron chi connectivity index (χ3n) is 6.24. The number of carbonyl (C=O) groups is 2. The molecule has 0 radical (unpaired) electrons. The lowest BCUT2D eigenvalue weighted by Crippen LogP contribution is -2.50. The van der Waals surface area contributed by atoms with Crippen LogP contribution < -0.4 is 5.32 Å². The molecule has 2 aliphatic rings. The van der Waals surface area contributed by atoms with E-state index in [2.05, 4.69) is 23.3 Å². The zero-order chi connectivity index (χ0) is 18.3. The fraction of sp³-hybridized carbons (Fsp3) is 0.524. The quantitative estimate of drug-likeness (QED) is 0.887. The number of aromatic amines is 1. The van der Waals surface area contributed by atoms with Gasteiger partial charge in [0.15, 0.2) is 0 Å². The Hall–Kier alpha value is -2.30. The highest BCUT2D eigenvalue weighted by Crippen LogP contribution is 2.50. The van der Waals surface area contributed by atoms with Crippen LogP contribution >= 0.6 is 0 Å². The lowest BCUT2D eigenvalue weighted by Gasteiger charge is -2.38. The van der Waals surface area contributed by atoms with E-state index >= 15 is 0 Å². The Bertz CT molecular complexity index is 837. The molecule has 138 valence electrons. The van der Waals surface area contributed by atoms with Gasteiger partial charge in [0.05, 0.1) is 0 Å². The highest BCUT2D eigenvalue weighted by molar-refractivity contribution is 5.89. The molecule has 2 aromatic rings. The third-order valence-corrected chi connectivity index (χ3v) is 6.24. The molecular weight excluding hydrogens is 326 g/mol. The first-order valence-corrected chi connectivity index (χ1v) is 9.60. The fourth-order valence-corrected chi connectivity index (χ4v) is 4.82. The number of hydrogen-bond acceptors (Lipinski definition) is 2. The van der Waals surface area contributed by atoms with Gasteiger partial charge in [-0.05, 0) is 43.2 Å². The van der Waals surface area contributed by atoms with E-state index in [9.17, 15) is 9.59 Å². The minimum atomic E-state index is -0.510. The van der Waals surface area contributed by atoms with Crippen molar-refractivity contribution in [3.05, 3.63) is 36.0 Å². The van der Waals surface area contributed by atoms with Crippen LogP contribution in [0.4, 0.5) is 0 Å². The van der Waals surface area contributed by atoms with Gasteiger partial charge in [-0.25, -0.2) is 0 Å². The minimum absolute atomic E-state index is 0.0572. The fourth-order valence-electron chi connectivity index (χ4n) is 4.82. The Balaban J connectivity index is 1.56. The molecule has 4 rings (SSSR count). The maximum absolute atomic E-state index is 13.3. The number of amides is 2. The molecule has 1 aromatic carbocycles. The number of carbonyl (C=O) groups excluding carboxylic acids is 2. The van der Waals surface area contributed by atoms with Crippen LogP contribution in [0.25, 0.3) is 10.9 Å². The zero-order valence-electron chi connectivity index (χ0n) is 15.5. The van der Waals surface area contributed by atoms with Gasteiger partial charge in [0.1, 0.15) is 6.04 Å². The van der Waals surface area contributed by atoms with Crippen molar-refractivity contribution in [3.8, 4) is 0 Å². The summed E-state index contributed by atoms with van der Waals surface area (Å²) in [6, 6.07) is 7.81. The summed E-state index contributed by atoms with van der Waals surface area (Å²) >= 11 is 0. The molecule has 0 bridgehead atoms. The molecule has 2 fully saturated rings. The second-order valence-corrected chi connectivity index (χ2v) is 8.19. The Morgan fingerprint density at radius 3 is 2.77 bits per heavy atom. The van der Waals surface area contributed by atoms with Crippen LogP contribution in [0.2, 0.25) is 0 Å². The molecule has 1 aliphatic carbocycles. The van der Waals surface area contributed by atoms with E-state index in [1.54, 1.807) is 0 Å². The number of rotatable bonds is 4. The van der Waals surface area contributed by atoms with Crippen molar-refractivity contribution in [1.29, 1.82) is 0 Å². The molecule has 2 heterocycles. The van der Waals surface area contributed by atoms with Gasteiger partial charge < -0.3 is 15.2 Å². The molecule has 2 N–H and O–H groups in total. The first-order valence-electron chi connectivity index (χ1n) is 9.60. The molecule has 0 unspecified atom stereocenters. The van der Waals surface area contributed by atoms with E-state index in [-0.39, 0.29) is 17.9 Å². The number of aromatic nitrogens is 1. The molecule has 5 nitrogen and oxygen atoms in total. The molecule has 26 heavy (non-hydrogen) atoms. The van der Waals surface area contributed by atoms with Crippen LogP contribution in [0, 0.1) is 5.41 Å². The topological polar surface area (TPSA) is 65.2 Å². The standard InChI is InChI=1S/C21H27N3O2/c1-14-11-21(8-5-9-21)13-24(14)20(26)19(23-15(2)25)10-16-12-22-18-7-4-3-6-17(16)18/h3-4,6-7,12,14,19,22H,5,8-11,13H2,1-2H3,(H,23,25)/t14-,19+/m1/s1. The van der Waals surface area contributed by atoms with Gasteiger partial charge in [-0.1, -0.05) is 24.6 Å². The van der Waals surface area contributed by atoms with Crippen molar-refractivity contribution in [2.75, 3.05) is 6.54 Å². The summed E-state index contributed by atoms with van der Waals surface area (Å²) in [7, 11) is 0. The normalized spacial score (nSPS) is 22.4. The second kappa shape index (κ2) is 6.45. The Labute approximate surface area is 154 Å². The van der Waals surface area contributed by atoms with Crippen LogP contribution in [-0.2, 0) is 16.0 Å². The van der Waals surface area contributed by atoms with Gasteiger partial charge in [-0.3, -0.25) is 9.59 Å². The van der Waals surface area contributed by atoms with Gasteiger partial charge in [-0.15, -0.1) is 0 Å². The number of likely N-dealkylation sites (tertiary alicyclic amines) is 1. The van der Waals surface area contributed by atoms with Crippen molar-refractivity contribution in [2.24, 2.45) is 5.41 Å². The van der Waals surface area contributed by atoms with E-state index < -0.39 is 6.04 Å². The van der Waals surface area contributed by atoms with E-state index in [4.69, 9.17) is 0 Å². The highest BCUT2D eigenvalue weighted by atomic mass is 16.2. The average Bonchev–Trinajstić information content (AvgIpc) is 3.15. The largest absolute Gasteiger partial charge is 0.361 e. The molecule has 1 saturated heterocycles. The summed E-state index contributed by atoms with van der Waals surface area (Å²) in [6.45, 7) is 4.47. The number of benzene rings is 1. The van der Waals surface area contributed by atoms with Crippen LogP contribution in [0.1, 0.15) is 45.1 Å². The lowest BCUT2D eigenvalue weighted by molar-refractivity contribution is -0.137. The molecule has 1 saturated carbocycles. The Kier molecular flexibility index (Phi) is 4.25. The van der Waals surface area contributed by atoms with Crippen LogP contribution in [-0.4, -0.2) is 40.3 Å². The van der Waals surface area contributed by atoms with Crippen molar-refractivity contribution in [1.82, 2.24) is 15.2 Å². The maximum atomic E-state index is 13.3. The molecule has 1 aromatic heterocycles. The Morgan fingerprint density at radius 1 is 1.35 bits per heavy atom. The van der Waals surface area contributed by atoms with Gasteiger partial charge in [-0.2, -0.15) is 0 Å². The number of nitrogens with zero attached hydrogens (tertiary/aromatic N) is 1. The van der Waals surface area contributed by atoms with Crippen LogP contribution in [0.3, 0.4) is 0 Å². The summed E-state index contributed by atoms with van der Waals surface area (Å²) in [5.41, 5.74) is 2.47. The summed E-state index contributed by atoms with van der Waals surface area (Å²) < 4.78 is 0. The second-order valence-electron chi connectivity index (χ2n) is 8.19. The number of H-pyrrole nitrogens is 1.